The van der Waals surface area contributed by atoms with Crippen LogP contribution in [0.25, 0.3) is 0 Å². The number of para-hydroxylation sites is 1. The van der Waals surface area contributed by atoms with Gasteiger partial charge in [-0.15, -0.1) is 0 Å². The first-order valence-corrected chi connectivity index (χ1v) is 14.0. The first kappa shape index (κ1) is 29.6. The Labute approximate surface area is 218 Å². The van der Waals surface area contributed by atoms with Crippen molar-refractivity contribution in [3.05, 3.63) is 64.9 Å². The Morgan fingerprint density at radius 3 is 2.22 bits per heavy atom. The number of hydrogen-bond donors (Lipinski definition) is 1. The molecule has 36 heavy (non-hydrogen) atoms. The Balaban J connectivity index is 2.24. The number of anilines is 1. The monoisotopic (exact) mass is 539 g/mol. The molecule has 0 bridgehead atoms. The molecule has 0 heterocycles. The molecule has 0 aliphatic rings. The second-order valence-corrected chi connectivity index (χ2v) is 12.0. The summed E-state index contributed by atoms with van der Waals surface area (Å²) in [7, 11) is -3.77. The fourth-order valence-electron chi connectivity index (χ4n) is 3.80. The molecule has 0 radical (unpaired) electrons. The Morgan fingerprint density at radius 2 is 1.69 bits per heavy atom. The van der Waals surface area contributed by atoms with Crippen molar-refractivity contribution in [1.29, 1.82) is 0 Å². The predicted octanol–water partition coefficient (Wildman–Crippen LogP) is 4.75. The maximum absolute atomic E-state index is 14.3. The molecule has 2 aromatic carbocycles. The highest BCUT2D eigenvalue weighted by atomic mass is 35.5. The van der Waals surface area contributed by atoms with Gasteiger partial charge in [-0.3, -0.25) is 13.9 Å². The first-order chi connectivity index (χ1) is 16.7. The van der Waals surface area contributed by atoms with Gasteiger partial charge < -0.3 is 10.2 Å². The lowest BCUT2D eigenvalue weighted by atomic mass is 10.0. The summed E-state index contributed by atoms with van der Waals surface area (Å²) < 4.78 is 39.9. The number of benzene rings is 2. The standard InChI is InChI=1S/C26H35ClFN3O4S/c1-6-22(25(33)29-26(2,3)4)30(18-19-13-15-20(27)16-14-19)24(32)12-9-17-31(36(5,34)35)23-11-8-7-10-21(23)28/h7-8,10-11,13-16,22H,6,9,12,17-18H2,1-5H3,(H,29,33)/t22-/m0/s1. The van der Waals surface area contributed by atoms with Crippen LogP contribution in [0.2, 0.25) is 5.02 Å². The van der Waals surface area contributed by atoms with Gasteiger partial charge in [0.1, 0.15) is 11.9 Å². The van der Waals surface area contributed by atoms with Crippen LogP contribution in [-0.4, -0.2) is 49.5 Å². The smallest absolute Gasteiger partial charge is 0.243 e. The molecule has 2 aromatic rings. The highest BCUT2D eigenvalue weighted by molar-refractivity contribution is 7.92. The van der Waals surface area contributed by atoms with E-state index in [1.165, 1.54) is 23.1 Å². The number of nitrogens with one attached hydrogen (secondary N) is 1. The minimum atomic E-state index is -3.77. The van der Waals surface area contributed by atoms with E-state index in [0.29, 0.717) is 11.4 Å². The van der Waals surface area contributed by atoms with Crippen LogP contribution in [0, 0.1) is 5.82 Å². The number of halogens is 2. The van der Waals surface area contributed by atoms with E-state index in [2.05, 4.69) is 5.32 Å². The largest absolute Gasteiger partial charge is 0.350 e. The first-order valence-electron chi connectivity index (χ1n) is 11.8. The highest BCUT2D eigenvalue weighted by Crippen LogP contribution is 2.23. The molecule has 7 nitrogen and oxygen atoms in total. The van der Waals surface area contributed by atoms with Gasteiger partial charge in [-0.25, -0.2) is 12.8 Å². The van der Waals surface area contributed by atoms with Gasteiger partial charge in [-0.2, -0.15) is 0 Å². The van der Waals surface area contributed by atoms with E-state index in [4.69, 9.17) is 11.6 Å². The number of carbonyl (C=O) groups is 2. The third-order valence-corrected chi connectivity index (χ3v) is 6.86. The fourth-order valence-corrected chi connectivity index (χ4v) is 4.89. The van der Waals surface area contributed by atoms with Crippen molar-refractivity contribution in [2.75, 3.05) is 17.1 Å². The molecular formula is C26H35ClFN3O4S. The molecule has 198 valence electrons. The molecule has 0 aliphatic carbocycles. The maximum Gasteiger partial charge on any atom is 0.243 e. The topological polar surface area (TPSA) is 86.8 Å². The molecule has 0 aliphatic heterocycles. The molecule has 1 atom stereocenters. The lowest BCUT2D eigenvalue weighted by molar-refractivity contribution is -0.142. The third-order valence-electron chi connectivity index (χ3n) is 5.42. The summed E-state index contributed by atoms with van der Waals surface area (Å²) in [5.41, 5.74) is 0.259. The van der Waals surface area contributed by atoms with Crippen molar-refractivity contribution < 1.29 is 22.4 Å². The van der Waals surface area contributed by atoms with Crippen molar-refractivity contribution in [3.63, 3.8) is 0 Å². The molecule has 0 aromatic heterocycles. The summed E-state index contributed by atoms with van der Waals surface area (Å²) in [6.07, 6.45) is 1.52. The highest BCUT2D eigenvalue weighted by Gasteiger charge is 2.31. The van der Waals surface area contributed by atoms with Crippen LogP contribution in [0.15, 0.2) is 48.5 Å². The zero-order valence-electron chi connectivity index (χ0n) is 21.4. The van der Waals surface area contributed by atoms with Crippen LogP contribution in [0.4, 0.5) is 10.1 Å². The van der Waals surface area contributed by atoms with Gasteiger partial charge in [0.05, 0.1) is 11.9 Å². The summed E-state index contributed by atoms with van der Waals surface area (Å²) in [6, 6.07) is 11.9. The summed E-state index contributed by atoms with van der Waals surface area (Å²) in [5, 5.41) is 3.50. The molecule has 0 saturated carbocycles. The summed E-state index contributed by atoms with van der Waals surface area (Å²) >= 11 is 6.00. The lowest BCUT2D eigenvalue weighted by Gasteiger charge is -2.33. The lowest BCUT2D eigenvalue weighted by Crippen LogP contribution is -2.53. The van der Waals surface area contributed by atoms with E-state index >= 15 is 0 Å². The minimum absolute atomic E-state index is 0.0205. The molecular weight excluding hydrogens is 505 g/mol. The predicted molar refractivity (Wildman–Crippen MR) is 142 cm³/mol. The van der Waals surface area contributed by atoms with Gasteiger partial charge >= 0.3 is 0 Å². The average Bonchev–Trinajstić information content (AvgIpc) is 2.76. The van der Waals surface area contributed by atoms with Gasteiger partial charge in [0.15, 0.2) is 0 Å². The van der Waals surface area contributed by atoms with Gasteiger partial charge in [-0.05, 0) is 63.4 Å². The van der Waals surface area contributed by atoms with E-state index in [-0.39, 0.29) is 43.4 Å². The molecule has 1 N–H and O–H groups in total. The number of amides is 2. The van der Waals surface area contributed by atoms with Gasteiger partial charge in [0.25, 0.3) is 0 Å². The van der Waals surface area contributed by atoms with Crippen molar-refractivity contribution in [2.45, 2.75) is 65.1 Å². The molecule has 0 unspecified atom stereocenters. The number of nitrogens with zero attached hydrogens (tertiary/aromatic N) is 2. The Kier molecular flexibility index (Phi) is 10.3. The number of hydrogen-bond acceptors (Lipinski definition) is 4. The molecule has 2 rings (SSSR count). The second kappa shape index (κ2) is 12.5. The van der Waals surface area contributed by atoms with Crippen LogP contribution in [-0.2, 0) is 26.2 Å². The number of rotatable bonds is 11. The summed E-state index contributed by atoms with van der Waals surface area (Å²) in [4.78, 5) is 28.0. The maximum atomic E-state index is 14.3. The zero-order chi connectivity index (χ0) is 27.1. The SMILES string of the molecule is CC[C@@H](C(=O)NC(C)(C)C)N(Cc1ccc(Cl)cc1)C(=O)CCCN(c1ccccc1F)S(C)(=O)=O. The fraction of sp³-hybridized carbons (Fsp3) is 0.462. The van der Waals surface area contributed by atoms with Gasteiger partial charge in [-0.1, -0.05) is 42.8 Å². The van der Waals surface area contributed by atoms with Crippen LogP contribution < -0.4 is 9.62 Å². The van der Waals surface area contributed by atoms with E-state index in [9.17, 15) is 22.4 Å². The average molecular weight is 540 g/mol. The molecule has 10 heteroatoms. The van der Waals surface area contributed by atoms with E-state index in [0.717, 1.165) is 16.1 Å². The minimum Gasteiger partial charge on any atom is -0.350 e. The van der Waals surface area contributed by atoms with Crippen LogP contribution >= 0.6 is 11.6 Å². The zero-order valence-corrected chi connectivity index (χ0v) is 23.0. The van der Waals surface area contributed by atoms with Crippen LogP contribution in [0.3, 0.4) is 0 Å². The van der Waals surface area contributed by atoms with E-state index in [1.54, 1.807) is 30.3 Å². The number of sulfonamides is 1. The van der Waals surface area contributed by atoms with Crippen molar-refractivity contribution in [1.82, 2.24) is 10.2 Å². The molecule has 0 fully saturated rings. The van der Waals surface area contributed by atoms with Crippen LogP contribution in [0.1, 0.15) is 52.5 Å². The van der Waals surface area contributed by atoms with E-state index < -0.39 is 27.4 Å². The normalized spacial score (nSPS) is 12.6. The van der Waals surface area contributed by atoms with E-state index in [1.807, 2.05) is 27.7 Å². The second-order valence-electron chi connectivity index (χ2n) is 9.70. The molecule has 0 spiro atoms. The Bertz CT molecular complexity index is 1150. The summed E-state index contributed by atoms with van der Waals surface area (Å²) in [6.45, 7) is 7.54. The van der Waals surface area contributed by atoms with Crippen molar-refractivity contribution in [3.8, 4) is 0 Å². The van der Waals surface area contributed by atoms with Gasteiger partial charge in [0, 0.05) is 30.1 Å². The molecule has 0 saturated heterocycles. The Hall–Kier alpha value is -2.65. The number of carbonyl (C=O) groups excluding carboxylic acids is 2. The third kappa shape index (κ3) is 8.78. The van der Waals surface area contributed by atoms with Crippen molar-refractivity contribution in [2.24, 2.45) is 0 Å². The molecule has 2 amide bonds. The Morgan fingerprint density at radius 1 is 1.08 bits per heavy atom. The van der Waals surface area contributed by atoms with Gasteiger partial charge in [0.2, 0.25) is 21.8 Å². The van der Waals surface area contributed by atoms with Crippen molar-refractivity contribution >= 4 is 39.1 Å². The van der Waals surface area contributed by atoms with Crippen LogP contribution in [0.5, 0.6) is 0 Å². The quantitative estimate of drug-likeness (QED) is 0.446. The summed E-state index contributed by atoms with van der Waals surface area (Å²) in [5.74, 6) is -1.23.